The average Bonchev–Trinajstić information content (AvgIpc) is 2.81. The first-order valence-corrected chi connectivity index (χ1v) is 10.8. The summed E-state index contributed by atoms with van der Waals surface area (Å²) in [5.41, 5.74) is 2.74. The molecule has 1 aliphatic rings. The first-order chi connectivity index (χ1) is 15.0. The third-order valence-electron chi connectivity index (χ3n) is 5.96. The Morgan fingerprint density at radius 2 is 1.68 bits per heavy atom. The first kappa shape index (κ1) is 22.7. The van der Waals surface area contributed by atoms with Gasteiger partial charge < -0.3 is 19.7 Å². The minimum Gasteiger partial charge on any atom is -0.497 e. The zero-order valence-electron chi connectivity index (χ0n) is 18.6. The molecule has 3 rings (SSSR count). The van der Waals surface area contributed by atoms with Crippen LogP contribution in [0.15, 0.2) is 42.5 Å². The molecule has 0 radical (unpaired) electrons. The Hall–Kier alpha value is -3.02. The maximum atomic E-state index is 12.7. The lowest BCUT2D eigenvalue weighted by molar-refractivity contribution is -0.121. The fourth-order valence-electron chi connectivity index (χ4n) is 4.00. The van der Waals surface area contributed by atoms with Crippen LogP contribution in [0.5, 0.6) is 11.5 Å². The fourth-order valence-corrected chi connectivity index (χ4v) is 4.00. The van der Waals surface area contributed by atoms with E-state index in [2.05, 4.69) is 5.32 Å². The summed E-state index contributed by atoms with van der Waals surface area (Å²) in [6, 6.07) is 13.3. The van der Waals surface area contributed by atoms with Gasteiger partial charge in [-0.3, -0.25) is 9.59 Å². The van der Waals surface area contributed by atoms with Crippen molar-refractivity contribution < 1.29 is 19.1 Å². The first-order valence-electron chi connectivity index (χ1n) is 10.8. The van der Waals surface area contributed by atoms with E-state index in [0.717, 1.165) is 49.0 Å². The standard InChI is InChI=1S/C25H32N2O4/c1-18-6-4-5-7-23(18)25(29)27-12-10-19(11-13-27)8-9-24(28)26-17-20-14-21(30-2)16-22(15-20)31-3/h4-7,14-16,19H,8-13,17H2,1-3H3,(H,26,28). The lowest BCUT2D eigenvalue weighted by Crippen LogP contribution is -2.39. The van der Waals surface area contributed by atoms with Crippen LogP contribution in [0.1, 0.15) is 47.2 Å². The van der Waals surface area contributed by atoms with E-state index < -0.39 is 0 Å². The highest BCUT2D eigenvalue weighted by Gasteiger charge is 2.24. The van der Waals surface area contributed by atoms with E-state index in [0.29, 0.717) is 30.4 Å². The van der Waals surface area contributed by atoms with Gasteiger partial charge in [-0.25, -0.2) is 0 Å². The molecular formula is C25H32N2O4. The van der Waals surface area contributed by atoms with Gasteiger partial charge in [-0.15, -0.1) is 0 Å². The maximum Gasteiger partial charge on any atom is 0.254 e. The number of benzene rings is 2. The van der Waals surface area contributed by atoms with Gasteiger partial charge in [0, 0.05) is 37.7 Å². The Bertz CT molecular complexity index is 882. The van der Waals surface area contributed by atoms with Crippen molar-refractivity contribution in [1.82, 2.24) is 10.2 Å². The molecule has 1 fully saturated rings. The Morgan fingerprint density at radius 1 is 1.03 bits per heavy atom. The molecule has 1 N–H and O–H groups in total. The molecule has 1 aliphatic heterocycles. The summed E-state index contributed by atoms with van der Waals surface area (Å²) in [6.07, 6.45) is 3.23. The monoisotopic (exact) mass is 424 g/mol. The third-order valence-corrected chi connectivity index (χ3v) is 5.96. The Labute approximate surface area is 184 Å². The molecule has 0 spiro atoms. The van der Waals surface area contributed by atoms with Gasteiger partial charge in [-0.2, -0.15) is 0 Å². The van der Waals surface area contributed by atoms with Crippen LogP contribution in [0.2, 0.25) is 0 Å². The molecule has 2 aromatic carbocycles. The van der Waals surface area contributed by atoms with Crippen LogP contribution in [0, 0.1) is 12.8 Å². The van der Waals surface area contributed by atoms with Gasteiger partial charge in [0.1, 0.15) is 11.5 Å². The van der Waals surface area contributed by atoms with Crippen LogP contribution < -0.4 is 14.8 Å². The molecular weight excluding hydrogens is 392 g/mol. The van der Waals surface area contributed by atoms with Crippen LogP contribution in [-0.4, -0.2) is 44.0 Å². The van der Waals surface area contributed by atoms with Crippen molar-refractivity contribution in [3.63, 3.8) is 0 Å². The van der Waals surface area contributed by atoms with E-state index >= 15 is 0 Å². The zero-order chi connectivity index (χ0) is 22.2. The van der Waals surface area contributed by atoms with Crippen molar-refractivity contribution in [2.24, 2.45) is 5.92 Å². The molecule has 31 heavy (non-hydrogen) atoms. The summed E-state index contributed by atoms with van der Waals surface area (Å²) in [6.45, 7) is 3.92. The van der Waals surface area contributed by atoms with E-state index in [9.17, 15) is 9.59 Å². The van der Waals surface area contributed by atoms with Crippen LogP contribution in [0.25, 0.3) is 0 Å². The van der Waals surface area contributed by atoms with Crippen molar-refractivity contribution in [2.45, 2.75) is 39.2 Å². The van der Waals surface area contributed by atoms with E-state index in [1.54, 1.807) is 14.2 Å². The van der Waals surface area contributed by atoms with Gasteiger partial charge >= 0.3 is 0 Å². The summed E-state index contributed by atoms with van der Waals surface area (Å²) in [4.78, 5) is 27.0. The van der Waals surface area contributed by atoms with Gasteiger partial charge in [-0.1, -0.05) is 18.2 Å². The second kappa shape index (κ2) is 10.8. The number of piperidine rings is 1. The van der Waals surface area contributed by atoms with E-state index in [1.807, 2.05) is 54.3 Å². The number of hydrogen-bond acceptors (Lipinski definition) is 4. The molecule has 6 nitrogen and oxygen atoms in total. The molecule has 0 unspecified atom stereocenters. The number of ether oxygens (including phenoxy) is 2. The SMILES string of the molecule is COc1cc(CNC(=O)CCC2CCN(C(=O)c3ccccc3C)CC2)cc(OC)c1. The second-order valence-corrected chi connectivity index (χ2v) is 8.09. The molecule has 2 amide bonds. The molecule has 2 aromatic rings. The molecule has 1 heterocycles. The normalized spacial score (nSPS) is 14.2. The predicted octanol–water partition coefficient (Wildman–Crippen LogP) is 3.96. The lowest BCUT2D eigenvalue weighted by atomic mass is 9.91. The summed E-state index contributed by atoms with van der Waals surface area (Å²) >= 11 is 0. The number of hydrogen-bond donors (Lipinski definition) is 1. The average molecular weight is 425 g/mol. The fraction of sp³-hybridized carbons (Fsp3) is 0.440. The number of amides is 2. The van der Waals surface area contributed by atoms with E-state index in [-0.39, 0.29) is 11.8 Å². The summed E-state index contributed by atoms with van der Waals surface area (Å²) < 4.78 is 10.5. The quantitative estimate of drug-likeness (QED) is 0.697. The van der Waals surface area contributed by atoms with Gasteiger partial charge in [0.2, 0.25) is 5.91 Å². The van der Waals surface area contributed by atoms with Crippen LogP contribution in [0.4, 0.5) is 0 Å². The molecule has 166 valence electrons. The lowest BCUT2D eigenvalue weighted by Gasteiger charge is -2.32. The number of carbonyl (C=O) groups excluding carboxylic acids is 2. The third kappa shape index (κ3) is 6.23. The minimum atomic E-state index is 0.0419. The molecule has 0 atom stereocenters. The number of nitrogens with one attached hydrogen (secondary N) is 1. The highest BCUT2D eigenvalue weighted by molar-refractivity contribution is 5.95. The molecule has 0 aromatic heterocycles. The van der Waals surface area contributed by atoms with Crippen molar-refractivity contribution >= 4 is 11.8 Å². The number of methoxy groups -OCH3 is 2. The molecule has 0 saturated carbocycles. The smallest absolute Gasteiger partial charge is 0.254 e. The van der Waals surface area contributed by atoms with Crippen molar-refractivity contribution in [1.29, 1.82) is 0 Å². The summed E-state index contributed by atoms with van der Waals surface area (Å²) in [7, 11) is 3.22. The number of aryl methyl sites for hydroxylation is 1. The highest BCUT2D eigenvalue weighted by atomic mass is 16.5. The largest absolute Gasteiger partial charge is 0.497 e. The van der Waals surface area contributed by atoms with Crippen LogP contribution in [-0.2, 0) is 11.3 Å². The second-order valence-electron chi connectivity index (χ2n) is 8.09. The number of likely N-dealkylation sites (tertiary alicyclic amines) is 1. The van der Waals surface area contributed by atoms with Gasteiger partial charge in [-0.05, 0) is 61.4 Å². The molecule has 1 saturated heterocycles. The van der Waals surface area contributed by atoms with Gasteiger partial charge in [0.25, 0.3) is 5.91 Å². The predicted molar refractivity (Wildman–Crippen MR) is 120 cm³/mol. The van der Waals surface area contributed by atoms with Gasteiger partial charge in [0.15, 0.2) is 0 Å². The summed E-state index contributed by atoms with van der Waals surface area (Å²) in [5, 5.41) is 2.98. The number of rotatable bonds is 8. The van der Waals surface area contributed by atoms with Crippen molar-refractivity contribution in [3.05, 3.63) is 59.2 Å². The van der Waals surface area contributed by atoms with E-state index in [1.165, 1.54) is 0 Å². The maximum absolute atomic E-state index is 12.7. The molecule has 0 bridgehead atoms. The van der Waals surface area contributed by atoms with E-state index in [4.69, 9.17) is 9.47 Å². The molecule has 0 aliphatic carbocycles. The number of nitrogens with zero attached hydrogens (tertiary/aromatic N) is 1. The van der Waals surface area contributed by atoms with Crippen molar-refractivity contribution in [3.8, 4) is 11.5 Å². The topological polar surface area (TPSA) is 67.9 Å². The highest BCUT2D eigenvalue weighted by Crippen LogP contribution is 2.24. The molecule has 6 heteroatoms. The Kier molecular flexibility index (Phi) is 7.93. The number of carbonyl (C=O) groups is 2. The minimum absolute atomic E-state index is 0.0419. The van der Waals surface area contributed by atoms with Gasteiger partial charge in [0.05, 0.1) is 14.2 Å². The summed E-state index contributed by atoms with van der Waals surface area (Å²) in [5.74, 6) is 2.04. The van der Waals surface area contributed by atoms with Crippen LogP contribution in [0.3, 0.4) is 0 Å². The Balaban J connectivity index is 1.41. The zero-order valence-corrected chi connectivity index (χ0v) is 18.6. The van der Waals surface area contributed by atoms with Crippen LogP contribution >= 0.6 is 0 Å². The van der Waals surface area contributed by atoms with Crippen molar-refractivity contribution in [2.75, 3.05) is 27.3 Å². The Morgan fingerprint density at radius 3 is 2.29 bits per heavy atom.